The highest BCUT2D eigenvalue weighted by atomic mass is 32.2. The summed E-state index contributed by atoms with van der Waals surface area (Å²) in [5.41, 5.74) is -0.132. The lowest BCUT2D eigenvalue weighted by atomic mass is 10.2. The molecule has 0 amide bonds. The Hall–Kier alpha value is -3.24. The first kappa shape index (κ1) is 22.9. The lowest BCUT2D eigenvalue weighted by Gasteiger charge is -2.38. The monoisotopic (exact) mass is 505 g/mol. The van der Waals surface area contributed by atoms with E-state index in [0.717, 1.165) is 39.9 Å². The topological polar surface area (TPSA) is 146 Å². The number of anilines is 1. The lowest BCUT2D eigenvalue weighted by Crippen LogP contribution is -2.58. The zero-order chi connectivity index (χ0) is 24.0. The number of hydrogen-bond acceptors (Lipinski definition) is 9. The molecule has 1 fully saturated rings. The van der Waals surface area contributed by atoms with Crippen LogP contribution < -0.4 is 15.2 Å². The number of hydrogen-bond donors (Lipinski definition) is 2. The van der Waals surface area contributed by atoms with Crippen molar-refractivity contribution in [1.29, 1.82) is 0 Å². The van der Waals surface area contributed by atoms with E-state index in [1.54, 1.807) is 4.90 Å². The highest BCUT2D eigenvalue weighted by Gasteiger charge is 2.41. The standard InChI is InChI=1S/C17H14F3N5O6S2/c18-17(19,20)31-9-1-3-10(4-2-9)33(29,30)25-6-5-24(8-12(25)15(27)28)16-22-11-7-21-23-14(26)13(11)32-16/h1-4,7,12H,5-6,8H2,(H,23,26)(H,27,28)/t12-/m1/s1. The molecular formula is C17H14F3N5O6S2. The minimum absolute atomic E-state index is 0.0729. The molecule has 2 N–H and O–H groups in total. The molecule has 1 aliphatic heterocycles. The van der Waals surface area contributed by atoms with E-state index in [4.69, 9.17) is 0 Å². The number of benzene rings is 1. The number of aromatic nitrogens is 3. The SMILES string of the molecule is O=C(O)[C@H]1CN(c2nc3cn[nH]c(=O)c3s2)CCN1S(=O)(=O)c1ccc(OC(F)(F)F)cc1. The van der Waals surface area contributed by atoms with Crippen LogP contribution in [0.1, 0.15) is 0 Å². The number of rotatable bonds is 5. The van der Waals surface area contributed by atoms with Crippen LogP contribution >= 0.6 is 11.3 Å². The van der Waals surface area contributed by atoms with Gasteiger partial charge in [0.1, 0.15) is 22.0 Å². The molecule has 0 saturated carbocycles. The summed E-state index contributed by atoms with van der Waals surface area (Å²) in [6.45, 7) is -0.414. The van der Waals surface area contributed by atoms with Crippen LogP contribution in [0.15, 0.2) is 40.2 Å². The Balaban J connectivity index is 1.59. The Bertz CT molecular complexity index is 1360. The molecule has 176 valence electrons. The second kappa shape index (κ2) is 8.27. The van der Waals surface area contributed by atoms with Gasteiger partial charge >= 0.3 is 12.3 Å². The van der Waals surface area contributed by atoms with Gasteiger partial charge in [-0.2, -0.15) is 9.40 Å². The summed E-state index contributed by atoms with van der Waals surface area (Å²) in [5.74, 6) is -2.03. The summed E-state index contributed by atoms with van der Waals surface area (Å²) in [6.07, 6.45) is -3.59. The zero-order valence-corrected chi connectivity index (χ0v) is 17.9. The van der Waals surface area contributed by atoms with E-state index in [-0.39, 0.29) is 24.5 Å². The maximum absolute atomic E-state index is 13.0. The number of carboxylic acid groups (broad SMARTS) is 1. The number of fused-ring (bicyclic) bond motifs is 1. The summed E-state index contributed by atoms with van der Waals surface area (Å²) >= 11 is 1.02. The normalized spacial score (nSPS) is 17.9. The average molecular weight is 505 g/mol. The first-order valence-electron chi connectivity index (χ1n) is 9.15. The van der Waals surface area contributed by atoms with E-state index >= 15 is 0 Å². The number of sulfonamides is 1. The van der Waals surface area contributed by atoms with Crippen LogP contribution in [0.2, 0.25) is 0 Å². The molecule has 0 radical (unpaired) electrons. The van der Waals surface area contributed by atoms with Gasteiger partial charge in [-0.3, -0.25) is 9.59 Å². The van der Waals surface area contributed by atoms with E-state index in [1.165, 1.54) is 6.20 Å². The number of nitrogens with one attached hydrogen (secondary N) is 1. The molecule has 4 rings (SSSR count). The molecule has 3 aromatic rings. The largest absolute Gasteiger partial charge is 0.573 e. The van der Waals surface area contributed by atoms with Gasteiger partial charge in [0.15, 0.2) is 5.13 Å². The van der Waals surface area contributed by atoms with E-state index in [1.807, 2.05) is 0 Å². The summed E-state index contributed by atoms with van der Waals surface area (Å²) in [5, 5.41) is 15.9. The first-order valence-corrected chi connectivity index (χ1v) is 11.4. The van der Waals surface area contributed by atoms with Crippen molar-refractivity contribution in [2.45, 2.75) is 17.3 Å². The number of alkyl halides is 3. The molecule has 16 heteroatoms. The number of carbonyl (C=O) groups is 1. The van der Waals surface area contributed by atoms with E-state index in [9.17, 15) is 36.3 Å². The number of nitrogens with zero attached hydrogens (tertiary/aromatic N) is 4. The number of halogens is 3. The number of H-pyrrole nitrogens is 1. The van der Waals surface area contributed by atoms with Gasteiger partial charge in [0, 0.05) is 19.6 Å². The van der Waals surface area contributed by atoms with Crippen molar-refractivity contribution >= 4 is 42.7 Å². The molecule has 3 heterocycles. The highest BCUT2D eigenvalue weighted by Crippen LogP contribution is 2.30. The average Bonchev–Trinajstić information content (AvgIpc) is 3.18. The molecule has 1 aromatic carbocycles. The minimum Gasteiger partial charge on any atom is -0.480 e. The third-order valence-corrected chi connectivity index (χ3v) is 7.81. The maximum atomic E-state index is 13.0. The Morgan fingerprint density at radius 3 is 2.55 bits per heavy atom. The number of aliphatic carboxylic acids is 1. The van der Waals surface area contributed by atoms with Crippen LogP contribution in [0.4, 0.5) is 18.3 Å². The van der Waals surface area contributed by atoms with Crippen LogP contribution in [0.5, 0.6) is 5.75 Å². The third-order valence-electron chi connectivity index (χ3n) is 4.75. The van der Waals surface area contributed by atoms with Crippen molar-refractivity contribution in [2.24, 2.45) is 0 Å². The van der Waals surface area contributed by atoms with Crippen molar-refractivity contribution in [3.05, 3.63) is 40.8 Å². The van der Waals surface area contributed by atoms with Crippen molar-refractivity contribution < 1.29 is 36.2 Å². The van der Waals surface area contributed by atoms with Crippen LogP contribution in [-0.2, 0) is 14.8 Å². The molecule has 1 atom stereocenters. The van der Waals surface area contributed by atoms with E-state index in [2.05, 4.69) is 19.9 Å². The van der Waals surface area contributed by atoms with Crippen molar-refractivity contribution in [1.82, 2.24) is 19.5 Å². The summed E-state index contributed by atoms with van der Waals surface area (Å²) in [6, 6.07) is 1.99. The van der Waals surface area contributed by atoms with Crippen LogP contribution in [0.25, 0.3) is 10.2 Å². The zero-order valence-electron chi connectivity index (χ0n) is 16.3. The maximum Gasteiger partial charge on any atom is 0.573 e. The van der Waals surface area contributed by atoms with Crippen LogP contribution in [-0.4, -0.2) is 71.0 Å². The fourth-order valence-electron chi connectivity index (χ4n) is 3.29. The second-order valence-electron chi connectivity index (χ2n) is 6.84. The second-order valence-corrected chi connectivity index (χ2v) is 9.71. The van der Waals surface area contributed by atoms with Gasteiger partial charge in [-0.15, -0.1) is 13.2 Å². The summed E-state index contributed by atoms with van der Waals surface area (Å²) in [7, 11) is -4.35. The molecule has 0 unspecified atom stereocenters. The number of ether oxygens (including phenoxy) is 1. The highest BCUT2D eigenvalue weighted by molar-refractivity contribution is 7.89. The lowest BCUT2D eigenvalue weighted by molar-refractivity contribution is -0.274. The number of aromatic amines is 1. The molecule has 0 bridgehead atoms. The van der Waals surface area contributed by atoms with Gasteiger partial charge < -0.3 is 14.7 Å². The minimum atomic E-state index is -4.94. The van der Waals surface area contributed by atoms with E-state index < -0.39 is 39.7 Å². The summed E-state index contributed by atoms with van der Waals surface area (Å²) in [4.78, 5) is 29.2. The molecule has 1 aliphatic rings. The molecule has 0 spiro atoms. The van der Waals surface area contributed by atoms with Gasteiger partial charge in [-0.1, -0.05) is 11.3 Å². The molecule has 33 heavy (non-hydrogen) atoms. The number of piperazine rings is 1. The summed E-state index contributed by atoms with van der Waals surface area (Å²) < 4.78 is 67.9. The molecule has 0 aliphatic carbocycles. The molecule has 11 nitrogen and oxygen atoms in total. The Labute approximate surface area is 187 Å². The van der Waals surface area contributed by atoms with E-state index in [0.29, 0.717) is 15.3 Å². The molecular weight excluding hydrogens is 491 g/mol. The number of thiazole rings is 1. The van der Waals surface area contributed by atoms with Gasteiger partial charge in [-0.25, -0.2) is 18.5 Å². The smallest absolute Gasteiger partial charge is 0.480 e. The fourth-order valence-corrected chi connectivity index (χ4v) is 5.81. The fraction of sp³-hybridized carbons (Fsp3) is 0.294. The predicted molar refractivity (Wildman–Crippen MR) is 109 cm³/mol. The van der Waals surface area contributed by atoms with Crippen molar-refractivity contribution in [3.8, 4) is 5.75 Å². The van der Waals surface area contributed by atoms with Crippen LogP contribution in [0.3, 0.4) is 0 Å². The quantitative estimate of drug-likeness (QED) is 0.523. The predicted octanol–water partition coefficient (Wildman–Crippen LogP) is 1.24. The van der Waals surface area contributed by atoms with Crippen molar-refractivity contribution in [2.75, 3.05) is 24.5 Å². The first-order chi connectivity index (χ1) is 15.5. The molecule has 1 saturated heterocycles. The van der Waals surface area contributed by atoms with Gasteiger partial charge in [-0.05, 0) is 24.3 Å². The van der Waals surface area contributed by atoms with Gasteiger partial charge in [0.25, 0.3) is 5.56 Å². The van der Waals surface area contributed by atoms with Crippen molar-refractivity contribution in [3.63, 3.8) is 0 Å². The number of carboxylic acids is 1. The van der Waals surface area contributed by atoms with Gasteiger partial charge in [0.2, 0.25) is 10.0 Å². The van der Waals surface area contributed by atoms with Gasteiger partial charge in [0.05, 0.1) is 11.1 Å². The van der Waals surface area contributed by atoms with Crippen LogP contribution in [0, 0.1) is 0 Å². The Kier molecular flexibility index (Phi) is 5.75. The molecule has 2 aromatic heterocycles. The Morgan fingerprint density at radius 2 is 1.94 bits per heavy atom. The Morgan fingerprint density at radius 1 is 1.24 bits per heavy atom. The third kappa shape index (κ3) is 4.62.